The van der Waals surface area contributed by atoms with Crippen molar-refractivity contribution in [3.8, 4) is 0 Å². The average Bonchev–Trinajstić information content (AvgIpc) is 2.64. The second-order valence-electron chi connectivity index (χ2n) is 5.75. The molecule has 0 radical (unpaired) electrons. The molecule has 0 spiro atoms. The third kappa shape index (κ3) is 4.49. The van der Waals surface area contributed by atoms with Crippen molar-refractivity contribution in [1.29, 1.82) is 0 Å². The Hall–Kier alpha value is -0.0100. The third-order valence-electron chi connectivity index (χ3n) is 4.20. The van der Waals surface area contributed by atoms with Crippen LogP contribution in [0.3, 0.4) is 0 Å². The van der Waals surface area contributed by atoms with Crippen LogP contribution in [0.1, 0.15) is 32.1 Å². The summed E-state index contributed by atoms with van der Waals surface area (Å²) in [4.78, 5) is 0. The van der Waals surface area contributed by atoms with E-state index in [0.29, 0.717) is 52.3 Å². The van der Waals surface area contributed by atoms with Crippen LogP contribution in [-0.2, 0) is 25.0 Å². The maximum Gasteiger partial charge on any atom is 0.0701 e. The first-order valence-electron chi connectivity index (χ1n) is 7.41. The topological polar surface area (TPSA) is 65.0 Å². The van der Waals surface area contributed by atoms with Crippen molar-refractivity contribution in [2.24, 2.45) is 0 Å². The van der Waals surface area contributed by atoms with E-state index in [1.165, 1.54) is 0 Å². The molecular formula is C14H26O5S. The van der Waals surface area contributed by atoms with Crippen molar-refractivity contribution >= 4 is 10.8 Å². The van der Waals surface area contributed by atoms with Crippen LogP contribution in [0.15, 0.2) is 0 Å². The van der Waals surface area contributed by atoms with E-state index in [0.717, 1.165) is 12.8 Å². The molecule has 5 nitrogen and oxygen atoms in total. The fourth-order valence-corrected chi connectivity index (χ4v) is 5.34. The van der Waals surface area contributed by atoms with Crippen molar-refractivity contribution in [3.63, 3.8) is 0 Å². The molecule has 6 heteroatoms. The zero-order valence-electron chi connectivity index (χ0n) is 12.2. The number of aliphatic hydroxyl groups is 1. The van der Waals surface area contributed by atoms with E-state index in [1.807, 2.05) is 0 Å². The predicted molar refractivity (Wildman–Crippen MR) is 77.3 cm³/mol. The van der Waals surface area contributed by atoms with Gasteiger partial charge in [0.1, 0.15) is 0 Å². The summed E-state index contributed by atoms with van der Waals surface area (Å²) in [5, 5.41) is 11.0. The summed E-state index contributed by atoms with van der Waals surface area (Å²) < 4.78 is 27.6. The molecule has 2 atom stereocenters. The monoisotopic (exact) mass is 306 g/mol. The smallest absolute Gasteiger partial charge is 0.0701 e. The first-order valence-corrected chi connectivity index (χ1v) is 8.68. The van der Waals surface area contributed by atoms with Crippen molar-refractivity contribution in [1.82, 2.24) is 0 Å². The Morgan fingerprint density at radius 2 is 1.60 bits per heavy atom. The summed E-state index contributed by atoms with van der Waals surface area (Å²) in [6.45, 7) is 2.81. The van der Waals surface area contributed by atoms with Crippen molar-refractivity contribution in [3.05, 3.63) is 0 Å². The van der Waals surface area contributed by atoms with E-state index in [-0.39, 0.29) is 10.5 Å². The number of methoxy groups -OCH3 is 1. The van der Waals surface area contributed by atoms with Crippen molar-refractivity contribution in [2.75, 3.05) is 40.1 Å². The lowest BCUT2D eigenvalue weighted by Crippen LogP contribution is -2.43. The van der Waals surface area contributed by atoms with E-state index in [4.69, 9.17) is 14.2 Å². The predicted octanol–water partition coefficient (Wildman–Crippen LogP) is 0.861. The van der Waals surface area contributed by atoms with Gasteiger partial charge in [-0.1, -0.05) is 0 Å². The van der Waals surface area contributed by atoms with Crippen LogP contribution in [0.25, 0.3) is 0 Å². The number of fused-ring (bicyclic) bond motifs is 2. The van der Waals surface area contributed by atoms with Crippen molar-refractivity contribution < 1.29 is 23.5 Å². The molecule has 2 bridgehead atoms. The van der Waals surface area contributed by atoms with Gasteiger partial charge in [0, 0.05) is 35.0 Å². The van der Waals surface area contributed by atoms with Gasteiger partial charge >= 0.3 is 0 Å². The Balaban J connectivity index is 1.56. The summed E-state index contributed by atoms with van der Waals surface area (Å²) in [5.41, 5.74) is -0.670. The van der Waals surface area contributed by atoms with Gasteiger partial charge in [-0.15, -0.1) is 0 Å². The average molecular weight is 306 g/mol. The molecule has 2 rings (SSSR count). The summed E-state index contributed by atoms with van der Waals surface area (Å²) in [7, 11) is 0.932. The minimum Gasteiger partial charge on any atom is -0.390 e. The minimum atomic E-state index is -0.712. The molecule has 2 saturated heterocycles. The SMILES string of the molecule is COCCOCCOCCC1(O)CC2CCC(C1)S2=O. The van der Waals surface area contributed by atoms with E-state index in [2.05, 4.69) is 0 Å². The first-order chi connectivity index (χ1) is 9.64. The lowest BCUT2D eigenvalue weighted by Gasteiger charge is -2.35. The van der Waals surface area contributed by atoms with E-state index in [1.54, 1.807) is 7.11 Å². The maximum absolute atomic E-state index is 11.9. The van der Waals surface area contributed by atoms with Gasteiger partial charge in [-0.2, -0.15) is 0 Å². The van der Waals surface area contributed by atoms with Crippen LogP contribution < -0.4 is 0 Å². The molecule has 0 aromatic heterocycles. The lowest BCUT2D eigenvalue weighted by atomic mass is 9.90. The zero-order valence-corrected chi connectivity index (χ0v) is 13.0. The zero-order chi connectivity index (χ0) is 14.4. The first kappa shape index (κ1) is 16.4. The molecule has 0 aromatic rings. The highest BCUT2D eigenvalue weighted by Crippen LogP contribution is 2.42. The summed E-state index contributed by atoms with van der Waals surface area (Å²) in [5.74, 6) is 0. The quantitative estimate of drug-likeness (QED) is 0.640. The second-order valence-corrected chi connectivity index (χ2v) is 7.74. The highest BCUT2D eigenvalue weighted by Gasteiger charge is 2.47. The Kier molecular flexibility index (Phi) is 6.42. The number of hydrogen-bond donors (Lipinski definition) is 1. The van der Waals surface area contributed by atoms with Crippen LogP contribution in [0, 0.1) is 0 Å². The molecule has 2 unspecified atom stereocenters. The maximum atomic E-state index is 11.9. The molecule has 0 amide bonds. The van der Waals surface area contributed by atoms with E-state index in [9.17, 15) is 9.32 Å². The van der Waals surface area contributed by atoms with Gasteiger partial charge in [0.25, 0.3) is 0 Å². The summed E-state index contributed by atoms with van der Waals surface area (Å²) in [6.07, 6.45) is 3.99. The Bertz CT molecular complexity index is 307. The molecule has 0 aliphatic carbocycles. The molecule has 0 saturated carbocycles. The van der Waals surface area contributed by atoms with Gasteiger partial charge in [-0.3, -0.25) is 4.21 Å². The van der Waals surface area contributed by atoms with Crippen LogP contribution in [0.2, 0.25) is 0 Å². The molecule has 0 aromatic carbocycles. The van der Waals surface area contributed by atoms with E-state index < -0.39 is 16.4 Å². The minimum absolute atomic E-state index is 0.205. The molecule has 2 fully saturated rings. The fraction of sp³-hybridized carbons (Fsp3) is 1.00. The van der Waals surface area contributed by atoms with Gasteiger partial charge < -0.3 is 19.3 Å². The van der Waals surface area contributed by atoms with Crippen LogP contribution in [0.4, 0.5) is 0 Å². The molecule has 2 heterocycles. The van der Waals surface area contributed by atoms with E-state index >= 15 is 0 Å². The van der Waals surface area contributed by atoms with Crippen LogP contribution >= 0.6 is 0 Å². The number of ether oxygens (including phenoxy) is 3. The highest BCUT2D eigenvalue weighted by molar-refractivity contribution is 7.86. The van der Waals surface area contributed by atoms with Crippen molar-refractivity contribution in [2.45, 2.75) is 48.2 Å². The van der Waals surface area contributed by atoms with Gasteiger partial charge in [0.15, 0.2) is 0 Å². The molecule has 2 aliphatic heterocycles. The Morgan fingerprint density at radius 1 is 1.05 bits per heavy atom. The van der Waals surface area contributed by atoms with Crippen LogP contribution in [-0.4, -0.2) is 65.6 Å². The molecule has 118 valence electrons. The third-order valence-corrected chi connectivity index (χ3v) is 6.32. The number of hydrogen-bond acceptors (Lipinski definition) is 5. The van der Waals surface area contributed by atoms with Gasteiger partial charge in [0.2, 0.25) is 0 Å². The fourth-order valence-electron chi connectivity index (χ4n) is 3.11. The normalized spacial score (nSPS) is 36.4. The highest BCUT2D eigenvalue weighted by atomic mass is 32.2. The Labute approximate surface area is 123 Å². The molecule has 1 N–H and O–H groups in total. The largest absolute Gasteiger partial charge is 0.390 e. The van der Waals surface area contributed by atoms with Gasteiger partial charge in [-0.25, -0.2) is 0 Å². The molecular weight excluding hydrogens is 280 g/mol. The second kappa shape index (κ2) is 7.84. The number of rotatable bonds is 9. The Morgan fingerprint density at radius 3 is 2.20 bits per heavy atom. The molecule has 20 heavy (non-hydrogen) atoms. The van der Waals surface area contributed by atoms with Crippen LogP contribution in [0.5, 0.6) is 0 Å². The summed E-state index contributed by atoms with van der Waals surface area (Å²) in [6, 6.07) is 0. The lowest BCUT2D eigenvalue weighted by molar-refractivity contribution is -0.0253. The van der Waals surface area contributed by atoms with Gasteiger partial charge in [0.05, 0.1) is 32.0 Å². The van der Waals surface area contributed by atoms with Gasteiger partial charge in [-0.05, 0) is 32.1 Å². The molecule has 2 aliphatic rings. The standard InChI is InChI=1S/C14H26O5S/c1-17-6-7-19-9-8-18-5-4-14(15)10-12-2-3-13(11-14)20(12)16/h12-13,15H,2-11H2,1H3. The summed E-state index contributed by atoms with van der Waals surface area (Å²) >= 11 is 0.